The minimum absolute atomic E-state index is 0.124. The highest BCUT2D eigenvalue weighted by atomic mass is 32.2. The van der Waals surface area contributed by atoms with Crippen LogP contribution in [-0.2, 0) is 6.42 Å². The Morgan fingerprint density at radius 1 is 1.52 bits per heavy atom. The van der Waals surface area contributed by atoms with Crippen LogP contribution in [0.5, 0.6) is 0 Å². The Hall–Kier alpha value is -1.44. The Kier molecular flexibility index (Phi) is 7.01. The van der Waals surface area contributed by atoms with Gasteiger partial charge in [0.2, 0.25) is 0 Å². The lowest BCUT2D eigenvalue weighted by molar-refractivity contribution is 0.0949. The molecule has 2 rings (SSSR count). The SMILES string of the molecule is CSCCC(N)c1nc(C(=O)NCCc2cccc(F)c2)cs1. The number of hydrogen-bond donors (Lipinski definition) is 2. The number of aromatic nitrogens is 1. The smallest absolute Gasteiger partial charge is 0.270 e. The molecule has 3 N–H and O–H groups in total. The maximum atomic E-state index is 13.1. The Bertz CT molecular complexity index is 648. The molecule has 4 nitrogen and oxygen atoms in total. The van der Waals surface area contributed by atoms with Crippen LogP contribution >= 0.6 is 23.1 Å². The summed E-state index contributed by atoms with van der Waals surface area (Å²) in [7, 11) is 0. The molecule has 1 unspecified atom stereocenters. The molecule has 1 atom stereocenters. The summed E-state index contributed by atoms with van der Waals surface area (Å²) >= 11 is 3.15. The number of benzene rings is 1. The van der Waals surface area contributed by atoms with Gasteiger partial charge in [0, 0.05) is 11.9 Å². The first kappa shape index (κ1) is 17.9. The summed E-state index contributed by atoms with van der Waals surface area (Å²) in [5.74, 6) is 0.480. The zero-order valence-corrected chi connectivity index (χ0v) is 14.6. The van der Waals surface area contributed by atoms with Crippen molar-refractivity contribution in [1.29, 1.82) is 0 Å². The van der Waals surface area contributed by atoms with Gasteiger partial charge in [0.1, 0.15) is 16.5 Å². The van der Waals surface area contributed by atoms with Crippen LogP contribution in [0.2, 0.25) is 0 Å². The van der Waals surface area contributed by atoms with Crippen molar-refractivity contribution < 1.29 is 9.18 Å². The van der Waals surface area contributed by atoms with Gasteiger partial charge in [0.05, 0.1) is 6.04 Å². The van der Waals surface area contributed by atoms with Gasteiger partial charge >= 0.3 is 0 Å². The third-order valence-electron chi connectivity index (χ3n) is 3.29. The van der Waals surface area contributed by atoms with Crippen molar-refractivity contribution in [2.45, 2.75) is 18.9 Å². The van der Waals surface area contributed by atoms with E-state index in [2.05, 4.69) is 10.3 Å². The number of halogens is 1. The molecule has 1 amide bonds. The summed E-state index contributed by atoms with van der Waals surface area (Å²) in [6, 6.07) is 6.24. The normalized spacial score (nSPS) is 12.1. The van der Waals surface area contributed by atoms with Gasteiger partial charge in [-0.15, -0.1) is 11.3 Å². The Morgan fingerprint density at radius 2 is 2.35 bits per heavy atom. The third-order valence-corrected chi connectivity index (χ3v) is 4.91. The van der Waals surface area contributed by atoms with E-state index in [1.807, 2.05) is 12.3 Å². The summed E-state index contributed by atoms with van der Waals surface area (Å²) in [6.07, 6.45) is 3.45. The summed E-state index contributed by atoms with van der Waals surface area (Å²) in [4.78, 5) is 16.4. The summed E-state index contributed by atoms with van der Waals surface area (Å²) < 4.78 is 13.1. The maximum absolute atomic E-state index is 13.1. The Morgan fingerprint density at radius 3 is 3.09 bits per heavy atom. The average molecular weight is 353 g/mol. The van der Waals surface area contributed by atoms with Gasteiger partial charge in [-0.1, -0.05) is 12.1 Å². The molecular formula is C16H20FN3OS2. The van der Waals surface area contributed by atoms with Crippen LogP contribution in [0.15, 0.2) is 29.6 Å². The fourth-order valence-corrected chi connectivity index (χ4v) is 3.36. The van der Waals surface area contributed by atoms with E-state index in [1.165, 1.54) is 23.5 Å². The molecule has 2 aromatic rings. The van der Waals surface area contributed by atoms with Gasteiger partial charge in [0.15, 0.2) is 0 Å². The van der Waals surface area contributed by atoms with E-state index in [4.69, 9.17) is 5.73 Å². The van der Waals surface area contributed by atoms with E-state index >= 15 is 0 Å². The van der Waals surface area contributed by atoms with Crippen molar-refractivity contribution in [2.75, 3.05) is 18.6 Å². The van der Waals surface area contributed by atoms with Gasteiger partial charge in [-0.05, 0) is 42.5 Å². The minimum atomic E-state index is -0.266. The molecule has 0 aliphatic carbocycles. The summed E-state index contributed by atoms with van der Waals surface area (Å²) in [6.45, 7) is 0.438. The monoisotopic (exact) mass is 353 g/mol. The van der Waals surface area contributed by atoms with Crippen molar-refractivity contribution in [3.8, 4) is 0 Å². The van der Waals surface area contributed by atoms with Crippen molar-refractivity contribution in [2.24, 2.45) is 5.73 Å². The predicted octanol–water partition coefficient (Wildman–Crippen LogP) is 3.01. The molecule has 1 aromatic heterocycles. The highest BCUT2D eigenvalue weighted by Crippen LogP contribution is 2.20. The third kappa shape index (κ3) is 5.60. The number of carbonyl (C=O) groups excluding carboxylic acids is 1. The van der Waals surface area contributed by atoms with Crippen LogP contribution in [-0.4, -0.2) is 29.4 Å². The van der Waals surface area contributed by atoms with E-state index in [0.29, 0.717) is 18.7 Å². The fraction of sp³-hybridized carbons (Fsp3) is 0.375. The second-order valence-corrected chi connectivity index (χ2v) is 6.97. The number of nitrogens with two attached hydrogens (primary N) is 1. The van der Waals surface area contributed by atoms with Crippen molar-refractivity contribution in [1.82, 2.24) is 10.3 Å². The van der Waals surface area contributed by atoms with Gasteiger partial charge in [-0.25, -0.2) is 9.37 Å². The average Bonchev–Trinajstić information content (AvgIpc) is 3.03. The summed E-state index contributed by atoms with van der Waals surface area (Å²) in [5, 5.41) is 5.31. The van der Waals surface area contributed by atoms with Crippen LogP contribution in [0.4, 0.5) is 4.39 Å². The molecule has 0 aliphatic rings. The number of rotatable bonds is 8. The number of nitrogens with zero attached hydrogens (tertiary/aromatic N) is 1. The molecule has 1 aromatic carbocycles. The molecule has 0 aliphatic heterocycles. The fourth-order valence-electron chi connectivity index (χ4n) is 2.03. The molecular weight excluding hydrogens is 333 g/mol. The van der Waals surface area contributed by atoms with E-state index in [-0.39, 0.29) is 17.8 Å². The van der Waals surface area contributed by atoms with Gasteiger partial charge in [0.25, 0.3) is 5.91 Å². The standard InChI is InChI=1S/C16H20FN3OS2/c1-22-8-6-13(18)16-20-14(10-23-16)15(21)19-7-5-11-3-2-4-12(17)9-11/h2-4,9-10,13H,5-8,18H2,1H3,(H,19,21). The van der Waals surface area contributed by atoms with Crippen molar-refractivity contribution in [3.63, 3.8) is 0 Å². The van der Waals surface area contributed by atoms with E-state index in [9.17, 15) is 9.18 Å². The predicted molar refractivity (Wildman–Crippen MR) is 94.5 cm³/mol. The topological polar surface area (TPSA) is 68.0 Å². The van der Waals surface area contributed by atoms with Gasteiger partial charge < -0.3 is 11.1 Å². The van der Waals surface area contributed by atoms with E-state index in [1.54, 1.807) is 23.2 Å². The lowest BCUT2D eigenvalue weighted by atomic mass is 10.1. The number of carbonyl (C=O) groups is 1. The van der Waals surface area contributed by atoms with Crippen molar-refractivity contribution in [3.05, 3.63) is 51.7 Å². The van der Waals surface area contributed by atoms with Gasteiger partial charge in [-0.3, -0.25) is 4.79 Å². The summed E-state index contributed by atoms with van der Waals surface area (Å²) in [5.41, 5.74) is 7.29. The minimum Gasteiger partial charge on any atom is -0.350 e. The molecule has 0 spiro atoms. The number of thiazole rings is 1. The molecule has 0 radical (unpaired) electrons. The molecule has 124 valence electrons. The number of amides is 1. The van der Waals surface area contributed by atoms with Crippen LogP contribution < -0.4 is 11.1 Å². The number of thioether (sulfide) groups is 1. The zero-order valence-electron chi connectivity index (χ0n) is 12.9. The van der Waals surface area contributed by atoms with E-state index < -0.39 is 0 Å². The maximum Gasteiger partial charge on any atom is 0.270 e. The van der Waals surface area contributed by atoms with E-state index in [0.717, 1.165) is 22.7 Å². The number of nitrogens with one attached hydrogen (secondary N) is 1. The first-order valence-corrected chi connectivity index (χ1v) is 9.60. The van der Waals surface area contributed by atoms with Crippen LogP contribution in [0.25, 0.3) is 0 Å². The van der Waals surface area contributed by atoms with Gasteiger partial charge in [-0.2, -0.15) is 11.8 Å². The lowest BCUT2D eigenvalue weighted by Crippen LogP contribution is -2.26. The molecule has 0 saturated carbocycles. The van der Waals surface area contributed by atoms with Crippen molar-refractivity contribution >= 4 is 29.0 Å². The second kappa shape index (κ2) is 9.00. The molecule has 0 fully saturated rings. The number of hydrogen-bond acceptors (Lipinski definition) is 5. The van der Waals surface area contributed by atoms with Crippen LogP contribution in [0, 0.1) is 5.82 Å². The highest BCUT2D eigenvalue weighted by molar-refractivity contribution is 7.98. The van der Waals surface area contributed by atoms with Crippen LogP contribution in [0.3, 0.4) is 0 Å². The quantitative estimate of drug-likeness (QED) is 0.765. The molecule has 1 heterocycles. The first-order valence-electron chi connectivity index (χ1n) is 7.32. The lowest BCUT2D eigenvalue weighted by Gasteiger charge is -2.06. The first-order chi connectivity index (χ1) is 11.1. The molecule has 0 saturated heterocycles. The molecule has 23 heavy (non-hydrogen) atoms. The molecule has 7 heteroatoms. The Labute approximate surface area is 143 Å². The van der Waals surface area contributed by atoms with Crippen LogP contribution in [0.1, 0.15) is 33.5 Å². The largest absolute Gasteiger partial charge is 0.350 e. The molecule has 0 bridgehead atoms. The highest BCUT2D eigenvalue weighted by Gasteiger charge is 2.14. The second-order valence-electron chi connectivity index (χ2n) is 5.09. The Balaban J connectivity index is 1.83. The zero-order chi connectivity index (χ0) is 16.7.